The van der Waals surface area contributed by atoms with Crippen molar-refractivity contribution in [2.24, 2.45) is 0 Å². The quantitative estimate of drug-likeness (QED) is 0.676. The average Bonchev–Trinajstić information content (AvgIpc) is 3.08. The number of nitrogens with zero attached hydrogens (tertiary/aromatic N) is 3. The molecule has 6 nitrogen and oxygen atoms in total. The lowest BCUT2D eigenvalue weighted by molar-refractivity contribution is 1.09. The first-order chi connectivity index (χ1) is 9.31. The topological polar surface area (TPSA) is 92.5 Å². The summed E-state index contributed by atoms with van der Waals surface area (Å²) in [6.07, 6.45) is 1.74. The Labute approximate surface area is 113 Å². The summed E-state index contributed by atoms with van der Waals surface area (Å²) in [5.74, 6) is 0.307. The van der Waals surface area contributed by atoms with Crippen LogP contribution in [0.15, 0.2) is 36.5 Å². The van der Waals surface area contributed by atoms with Crippen LogP contribution in [0.5, 0.6) is 0 Å². The molecule has 0 atom stereocenters. The largest absolute Gasteiger partial charge is 0.367 e. The molecule has 0 fully saturated rings. The second-order valence-corrected chi connectivity index (χ2v) is 4.73. The lowest BCUT2D eigenvalue weighted by Gasteiger charge is -2.03. The highest BCUT2D eigenvalue weighted by Crippen LogP contribution is 2.18. The summed E-state index contributed by atoms with van der Waals surface area (Å²) in [4.78, 5) is 4.04. The van der Waals surface area contributed by atoms with Gasteiger partial charge in [0.15, 0.2) is 0 Å². The summed E-state index contributed by atoms with van der Waals surface area (Å²) in [7, 11) is 0. The summed E-state index contributed by atoms with van der Waals surface area (Å²) in [5.41, 5.74) is 8.75. The zero-order valence-electron chi connectivity index (χ0n) is 10.00. The fourth-order valence-electron chi connectivity index (χ4n) is 1.70. The molecule has 0 aliphatic carbocycles. The molecule has 0 spiro atoms. The van der Waals surface area contributed by atoms with Crippen LogP contribution >= 0.6 is 11.5 Å². The van der Waals surface area contributed by atoms with Crippen molar-refractivity contribution >= 4 is 22.6 Å². The van der Waals surface area contributed by atoms with Crippen molar-refractivity contribution in [3.63, 3.8) is 0 Å². The second-order valence-electron chi connectivity index (χ2n) is 3.98. The molecule has 2 heterocycles. The van der Waals surface area contributed by atoms with Crippen molar-refractivity contribution in [1.82, 2.24) is 19.6 Å². The number of nitrogens with two attached hydrogens (primary N) is 1. The highest BCUT2D eigenvalue weighted by atomic mass is 32.1. The number of anilines is 2. The molecular weight excluding hydrogens is 260 g/mol. The number of H-pyrrole nitrogens is 1. The molecule has 19 heavy (non-hydrogen) atoms. The fraction of sp³-hybridized carbons (Fsp3) is 0.0833. The molecule has 0 unspecified atom stereocenters. The van der Waals surface area contributed by atoms with Gasteiger partial charge in [0.1, 0.15) is 0 Å². The van der Waals surface area contributed by atoms with Crippen LogP contribution in [-0.4, -0.2) is 19.6 Å². The summed E-state index contributed by atoms with van der Waals surface area (Å²) in [5, 5.41) is 10.8. The van der Waals surface area contributed by atoms with E-state index in [0.29, 0.717) is 12.5 Å². The van der Waals surface area contributed by atoms with Crippen LogP contribution in [0.25, 0.3) is 11.3 Å². The average molecular weight is 272 g/mol. The number of benzene rings is 1. The number of hydrogen-bond acceptors (Lipinski definition) is 6. The minimum Gasteiger partial charge on any atom is -0.367 e. The molecule has 3 rings (SSSR count). The second kappa shape index (κ2) is 5.07. The van der Waals surface area contributed by atoms with Crippen molar-refractivity contribution in [2.45, 2.75) is 6.54 Å². The Bertz CT molecular complexity index is 643. The van der Waals surface area contributed by atoms with Gasteiger partial charge in [0.2, 0.25) is 11.1 Å². The van der Waals surface area contributed by atoms with Gasteiger partial charge in [-0.1, -0.05) is 24.3 Å². The highest BCUT2D eigenvalue weighted by molar-refractivity contribution is 7.09. The Morgan fingerprint density at radius 3 is 2.68 bits per heavy atom. The van der Waals surface area contributed by atoms with Crippen molar-refractivity contribution in [2.75, 3.05) is 11.1 Å². The van der Waals surface area contributed by atoms with Gasteiger partial charge in [-0.25, -0.2) is 0 Å². The van der Waals surface area contributed by atoms with E-state index in [4.69, 9.17) is 5.73 Å². The number of hydrogen-bond donors (Lipinski definition) is 3. The molecule has 0 bridgehead atoms. The first-order valence-corrected chi connectivity index (χ1v) is 6.50. The Morgan fingerprint density at radius 2 is 2.05 bits per heavy atom. The van der Waals surface area contributed by atoms with E-state index in [1.165, 1.54) is 11.5 Å². The Kier molecular flexibility index (Phi) is 3.11. The zero-order chi connectivity index (χ0) is 13.1. The molecule has 7 heteroatoms. The van der Waals surface area contributed by atoms with Gasteiger partial charge in [-0.05, 0) is 17.2 Å². The van der Waals surface area contributed by atoms with E-state index in [2.05, 4.69) is 49.1 Å². The van der Waals surface area contributed by atoms with Crippen molar-refractivity contribution < 1.29 is 0 Å². The molecule has 0 saturated heterocycles. The van der Waals surface area contributed by atoms with Crippen molar-refractivity contribution in [3.05, 3.63) is 42.1 Å². The van der Waals surface area contributed by atoms with E-state index < -0.39 is 0 Å². The van der Waals surface area contributed by atoms with Crippen LogP contribution in [0, 0.1) is 0 Å². The van der Waals surface area contributed by atoms with Gasteiger partial charge in [-0.15, -0.1) is 0 Å². The van der Waals surface area contributed by atoms with Crippen molar-refractivity contribution in [3.8, 4) is 11.3 Å². The number of aromatic amines is 1. The Morgan fingerprint density at radius 1 is 1.21 bits per heavy atom. The molecule has 0 radical (unpaired) electrons. The highest BCUT2D eigenvalue weighted by Gasteiger charge is 2.01. The van der Waals surface area contributed by atoms with Crippen LogP contribution in [0.2, 0.25) is 0 Å². The summed E-state index contributed by atoms with van der Waals surface area (Å²) in [6.45, 7) is 0.692. The maximum Gasteiger partial charge on any atom is 0.233 e. The summed E-state index contributed by atoms with van der Waals surface area (Å²) in [6, 6.07) is 10.2. The van der Waals surface area contributed by atoms with E-state index in [0.717, 1.165) is 22.0 Å². The van der Waals surface area contributed by atoms with E-state index >= 15 is 0 Å². The number of aromatic nitrogens is 4. The van der Waals surface area contributed by atoms with Gasteiger partial charge < -0.3 is 11.1 Å². The maximum atomic E-state index is 5.46. The molecule has 0 aliphatic rings. The van der Waals surface area contributed by atoms with Crippen LogP contribution in [0.3, 0.4) is 0 Å². The molecule has 0 saturated carbocycles. The van der Waals surface area contributed by atoms with Crippen LogP contribution in [-0.2, 0) is 6.54 Å². The molecule has 2 aromatic heterocycles. The predicted octanol–water partition coefficient (Wildman–Crippen LogP) is 2.12. The van der Waals surface area contributed by atoms with Gasteiger partial charge in [0, 0.05) is 24.3 Å². The first-order valence-electron chi connectivity index (χ1n) is 5.73. The number of rotatable bonds is 4. The van der Waals surface area contributed by atoms with E-state index in [1.54, 1.807) is 6.20 Å². The van der Waals surface area contributed by atoms with Gasteiger partial charge in [0.05, 0.1) is 5.69 Å². The van der Waals surface area contributed by atoms with Crippen LogP contribution in [0.1, 0.15) is 5.56 Å². The standard InChI is InChI=1S/C12H12N6S/c13-11-16-12(19-18-11)14-7-8-1-3-9(4-2-8)10-5-6-15-17-10/h1-6H,7H2,(H,15,17)(H3,13,14,16,18). The fourth-order valence-corrected chi connectivity index (χ4v) is 2.20. The monoisotopic (exact) mass is 272 g/mol. The maximum absolute atomic E-state index is 5.46. The molecule has 3 aromatic rings. The van der Waals surface area contributed by atoms with Crippen LogP contribution in [0.4, 0.5) is 11.1 Å². The first kappa shape index (κ1) is 11.7. The SMILES string of the molecule is Nc1nsc(NCc2ccc(-c3ccn[nH]3)cc2)n1. The summed E-state index contributed by atoms with van der Waals surface area (Å²) < 4.78 is 3.91. The third-order valence-electron chi connectivity index (χ3n) is 2.65. The van der Waals surface area contributed by atoms with Gasteiger partial charge in [-0.2, -0.15) is 14.5 Å². The number of nitrogens with one attached hydrogen (secondary N) is 2. The molecule has 96 valence electrons. The smallest absolute Gasteiger partial charge is 0.233 e. The number of nitrogen functional groups attached to an aromatic ring is 1. The lowest BCUT2D eigenvalue weighted by Crippen LogP contribution is -1.99. The van der Waals surface area contributed by atoms with E-state index in [1.807, 2.05) is 6.07 Å². The van der Waals surface area contributed by atoms with Gasteiger partial charge >= 0.3 is 0 Å². The van der Waals surface area contributed by atoms with E-state index in [9.17, 15) is 0 Å². The Hall–Kier alpha value is -2.41. The van der Waals surface area contributed by atoms with Crippen LogP contribution < -0.4 is 11.1 Å². The normalized spacial score (nSPS) is 10.5. The Balaban J connectivity index is 1.66. The third kappa shape index (κ3) is 2.71. The van der Waals surface area contributed by atoms with E-state index in [-0.39, 0.29) is 0 Å². The minimum atomic E-state index is 0.307. The molecule has 0 amide bonds. The summed E-state index contributed by atoms with van der Waals surface area (Å²) >= 11 is 1.26. The van der Waals surface area contributed by atoms with Crippen molar-refractivity contribution in [1.29, 1.82) is 0 Å². The lowest BCUT2D eigenvalue weighted by atomic mass is 10.1. The van der Waals surface area contributed by atoms with Gasteiger partial charge in [-0.3, -0.25) is 5.10 Å². The minimum absolute atomic E-state index is 0.307. The predicted molar refractivity (Wildman–Crippen MR) is 75.7 cm³/mol. The molecule has 1 aromatic carbocycles. The third-order valence-corrected chi connectivity index (χ3v) is 3.34. The van der Waals surface area contributed by atoms with Gasteiger partial charge in [0.25, 0.3) is 0 Å². The molecule has 0 aliphatic heterocycles. The zero-order valence-corrected chi connectivity index (χ0v) is 10.8. The molecule has 4 N–H and O–H groups in total. The molecular formula is C12H12N6S.